The predicted octanol–water partition coefficient (Wildman–Crippen LogP) is 17.0. The fourth-order valence-corrected chi connectivity index (χ4v) is 12.4. The quantitative estimate of drug-likeness (QED) is 0.159. The molecule has 1 nitrogen and oxygen atoms in total. The van der Waals surface area contributed by atoms with Crippen LogP contribution in [0, 0.1) is 0 Å². The highest BCUT2D eigenvalue weighted by molar-refractivity contribution is 6.26. The van der Waals surface area contributed by atoms with Crippen LogP contribution in [0.25, 0.3) is 120 Å². The van der Waals surface area contributed by atoms with Gasteiger partial charge in [-0.15, -0.1) is 0 Å². The zero-order valence-corrected chi connectivity index (χ0v) is 34.7. The Morgan fingerprint density at radius 2 is 0.766 bits per heavy atom. The van der Waals surface area contributed by atoms with E-state index in [2.05, 4.69) is 218 Å². The van der Waals surface area contributed by atoms with Crippen LogP contribution in [0.2, 0.25) is 0 Å². The third-order valence-corrected chi connectivity index (χ3v) is 14.8. The first-order chi connectivity index (χ1) is 31.8. The van der Waals surface area contributed by atoms with Crippen LogP contribution in [0.15, 0.2) is 223 Å². The van der Waals surface area contributed by atoms with E-state index in [1.165, 1.54) is 115 Å². The molecule has 13 aromatic rings. The van der Waals surface area contributed by atoms with E-state index in [-0.39, 0.29) is 0 Å². The molecule has 2 aliphatic rings. The highest BCUT2D eigenvalue weighted by Gasteiger charge is 2.52. The van der Waals surface area contributed by atoms with Gasteiger partial charge < -0.3 is 4.42 Å². The van der Waals surface area contributed by atoms with Gasteiger partial charge in [0.05, 0.1) is 5.41 Å². The lowest BCUT2D eigenvalue weighted by Crippen LogP contribution is -2.26. The number of fused-ring (bicyclic) bond motifs is 21. The standard InChI is InChI=1S/C63H36O/c1-3-17-40-37(15-1)30-33-55-60(40)61-45-22-6-5-19-42(45)52(36-56(61)63(55)53-27-13-11-20-43(53)44-21-12-14-28-54(44)63)59-48-25-9-7-23-46(48)58(47-24-8-10-26-49(47)59)39-31-34-57-51(35-39)50-32-29-38-16-2-4-18-41(38)62(50)64-57/h1-36H. The van der Waals surface area contributed by atoms with Gasteiger partial charge in [-0.05, 0) is 140 Å². The van der Waals surface area contributed by atoms with E-state index < -0.39 is 5.41 Å². The topological polar surface area (TPSA) is 13.1 Å². The SMILES string of the molecule is c1ccc2c(c1)-c1ccccc1C21c2ccc3ccccc3c2-c2c1cc(-c1c3ccccc3c(-c3ccc4oc5c6ccccc6ccc5c4c3)c3ccccc13)c1ccccc21. The Balaban J connectivity index is 1.07. The summed E-state index contributed by atoms with van der Waals surface area (Å²) in [6.07, 6.45) is 0. The Morgan fingerprint density at radius 1 is 0.266 bits per heavy atom. The molecule has 1 heteroatoms. The van der Waals surface area contributed by atoms with Gasteiger partial charge in [0.1, 0.15) is 11.2 Å². The van der Waals surface area contributed by atoms with Crippen LogP contribution in [-0.2, 0) is 5.41 Å². The monoisotopic (exact) mass is 808 g/mol. The van der Waals surface area contributed by atoms with Crippen LogP contribution < -0.4 is 0 Å². The largest absolute Gasteiger partial charge is 0.455 e. The molecule has 294 valence electrons. The Morgan fingerprint density at radius 3 is 1.44 bits per heavy atom. The van der Waals surface area contributed by atoms with Gasteiger partial charge in [0.2, 0.25) is 0 Å². The number of hydrogen-bond acceptors (Lipinski definition) is 1. The van der Waals surface area contributed by atoms with Crippen molar-refractivity contribution in [3.63, 3.8) is 0 Å². The number of hydrogen-bond donors (Lipinski definition) is 0. The van der Waals surface area contributed by atoms with Crippen LogP contribution in [0.4, 0.5) is 0 Å². The van der Waals surface area contributed by atoms with Gasteiger partial charge in [0, 0.05) is 16.2 Å². The van der Waals surface area contributed by atoms with E-state index in [1.54, 1.807) is 0 Å². The van der Waals surface area contributed by atoms with Crippen molar-refractivity contribution in [3.8, 4) is 44.5 Å². The summed E-state index contributed by atoms with van der Waals surface area (Å²) in [4.78, 5) is 0. The molecule has 12 aromatic carbocycles. The first-order valence-corrected chi connectivity index (χ1v) is 22.3. The van der Waals surface area contributed by atoms with Crippen molar-refractivity contribution in [2.45, 2.75) is 5.41 Å². The molecule has 0 amide bonds. The van der Waals surface area contributed by atoms with E-state index in [1.807, 2.05) is 0 Å². The summed E-state index contributed by atoms with van der Waals surface area (Å²) >= 11 is 0. The number of rotatable bonds is 2. The maximum absolute atomic E-state index is 6.62. The number of benzene rings is 12. The number of furan rings is 1. The van der Waals surface area contributed by atoms with Crippen molar-refractivity contribution in [1.82, 2.24) is 0 Å². The second-order valence-electron chi connectivity index (χ2n) is 17.8. The molecular formula is C63H36O. The first-order valence-electron chi connectivity index (χ1n) is 22.3. The van der Waals surface area contributed by atoms with Crippen molar-refractivity contribution in [3.05, 3.63) is 241 Å². The van der Waals surface area contributed by atoms with Gasteiger partial charge in [-0.25, -0.2) is 0 Å². The Kier molecular flexibility index (Phi) is 6.67. The van der Waals surface area contributed by atoms with Crippen molar-refractivity contribution in [1.29, 1.82) is 0 Å². The normalized spacial score (nSPS) is 13.4. The smallest absolute Gasteiger partial charge is 0.143 e. The first kappa shape index (κ1) is 34.3. The van der Waals surface area contributed by atoms with Gasteiger partial charge in [0.25, 0.3) is 0 Å². The molecule has 0 saturated heterocycles. The maximum atomic E-state index is 6.62. The summed E-state index contributed by atoms with van der Waals surface area (Å²) in [5.74, 6) is 0. The Hall–Kier alpha value is -8.26. The minimum atomic E-state index is -0.500. The van der Waals surface area contributed by atoms with E-state index in [0.29, 0.717) is 0 Å². The second kappa shape index (κ2) is 12.4. The van der Waals surface area contributed by atoms with Crippen LogP contribution >= 0.6 is 0 Å². The summed E-state index contributed by atoms with van der Waals surface area (Å²) in [5, 5.41) is 14.7. The molecule has 0 bridgehead atoms. The molecule has 15 rings (SSSR count). The molecule has 1 spiro atoms. The lowest BCUT2D eigenvalue weighted by Gasteiger charge is -2.31. The van der Waals surface area contributed by atoms with E-state index in [4.69, 9.17) is 4.42 Å². The third-order valence-electron chi connectivity index (χ3n) is 14.8. The molecule has 0 unspecified atom stereocenters. The molecule has 1 aromatic heterocycles. The van der Waals surface area contributed by atoms with E-state index in [9.17, 15) is 0 Å². The minimum absolute atomic E-state index is 0.500. The summed E-state index contributed by atoms with van der Waals surface area (Å²) in [5.41, 5.74) is 17.1. The average molecular weight is 809 g/mol. The van der Waals surface area contributed by atoms with Crippen LogP contribution in [0.3, 0.4) is 0 Å². The van der Waals surface area contributed by atoms with Crippen molar-refractivity contribution in [2.75, 3.05) is 0 Å². The summed E-state index contributed by atoms with van der Waals surface area (Å²) in [7, 11) is 0. The van der Waals surface area contributed by atoms with Gasteiger partial charge in [0.15, 0.2) is 0 Å². The summed E-state index contributed by atoms with van der Waals surface area (Å²) in [6, 6.07) is 81.7. The zero-order chi connectivity index (χ0) is 41.7. The third kappa shape index (κ3) is 4.24. The van der Waals surface area contributed by atoms with Crippen LogP contribution in [0.5, 0.6) is 0 Å². The molecule has 0 N–H and O–H groups in total. The predicted molar refractivity (Wildman–Crippen MR) is 268 cm³/mol. The minimum Gasteiger partial charge on any atom is -0.455 e. The highest BCUT2D eigenvalue weighted by Crippen LogP contribution is 2.65. The Bertz CT molecular complexity index is 4100. The molecule has 0 saturated carbocycles. The highest BCUT2D eigenvalue weighted by atomic mass is 16.3. The van der Waals surface area contributed by atoms with Crippen molar-refractivity contribution < 1.29 is 4.42 Å². The van der Waals surface area contributed by atoms with Crippen LogP contribution in [-0.4, -0.2) is 0 Å². The van der Waals surface area contributed by atoms with E-state index >= 15 is 0 Å². The lowest BCUT2D eigenvalue weighted by atomic mass is 9.69. The second-order valence-corrected chi connectivity index (χ2v) is 17.8. The Labute approximate surface area is 369 Å². The molecule has 64 heavy (non-hydrogen) atoms. The van der Waals surface area contributed by atoms with E-state index in [0.717, 1.165) is 27.3 Å². The molecule has 0 fully saturated rings. The van der Waals surface area contributed by atoms with Gasteiger partial charge in [-0.2, -0.15) is 0 Å². The van der Waals surface area contributed by atoms with Gasteiger partial charge >= 0.3 is 0 Å². The molecule has 0 radical (unpaired) electrons. The van der Waals surface area contributed by atoms with Crippen molar-refractivity contribution in [2.24, 2.45) is 0 Å². The summed E-state index contributed by atoms with van der Waals surface area (Å²) < 4.78 is 6.62. The van der Waals surface area contributed by atoms with Gasteiger partial charge in [-0.3, -0.25) is 0 Å². The van der Waals surface area contributed by atoms with Gasteiger partial charge in [-0.1, -0.05) is 194 Å². The molecular weight excluding hydrogens is 773 g/mol. The van der Waals surface area contributed by atoms with Crippen LogP contribution in [0.1, 0.15) is 22.3 Å². The van der Waals surface area contributed by atoms with Crippen molar-refractivity contribution >= 4 is 75.8 Å². The molecule has 0 aliphatic heterocycles. The zero-order valence-electron chi connectivity index (χ0n) is 34.7. The maximum Gasteiger partial charge on any atom is 0.143 e. The average Bonchev–Trinajstić information content (AvgIpc) is 3.99. The summed E-state index contributed by atoms with van der Waals surface area (Å²) in [6.45, 7) is 0. The molecule has 2 aliphatic carbocycles. The molecule has 0 atom stereocenters. The lowest BCUT2D eigenvalue weighted by molar-refractivity contribution is 0.672. The fourth-order valence-electron chi connectivity index (χ4n) is 12.4. The fraction of sp³-hybridized carbons (Fsp3) is 0.0159. The molecule has 1 heterocycles.